The number of anilines is 1. The van der Waals surface area contributed by atoms with Gasteiger partial charge in [0.25, 0.3) is 0 Å². The van der Waals surface area contributed by atoms with Gasteiger partial charge in [-0.3, -0.25) is 14.5 Å². The van der Waals surface area contributed by atoms with Crippen LogP contribution < -0.4 is 10.2 Å². The molecule has 4 rings (SSSR count). The van der Waals surface area contributed by atoms with Crippen molar-refractivity contribution in [2.24, 2.45) is 0 Å². The predicted octanol–water partition coefficient (Wildman–Crippen LogP) is 2.83. The third kappa shape index (κ3) is 4.33. The minimum atomic E-state index is -3.63. The summed E-state index contributed by atoms with van der Waals surface area (Å²) >= 11 is 0. The van der Waals surface area contributed by atoms with Crippen LogP contribution in [0.1, 0.15) is 31.9 Å². The largest absolute Gasteiger partial charge is 0.361 e. The molecule has 0 aliphatic carbocycles. The number of H-pyrrole nitrogens is 1. The Morgan fingerprint density at radius 2 is 1.88 bits per heavy atom. The summed E-state index contributed by atoms with van der Waals surface area (Å²) < 4.78 is 27.3. The summed E-state index contributed by atoms with van der Waals surface area (Å²) in [6.45, 7) is 6.18. The number of aromatic amines is 1. The Morgan fingerprint density at radius 1 is 1.15 bits per heavy atom. The monoisotopic (exact) mass is 482 g/mol. The van der Waals surface area contributed by atoms with E-state index in [4.69, 9.17) is 0 Å². The van der Waals surface area contributed by atoms with Crippen LogP contribution in [0.2, 0.25) is 0 Å². The van der Waals surface area contributed by atoms with Gasteiger partial charge in [0.2, 0.25) is 21.8 Å². The highest BCUT2D eigenvalue weighted by Gasteiger charge is 2.37. The van der Waals surface area contributed by atoms with Crippen molar-refractivity contribution >= 4 is 38.4 Å². The maximum absolute atomic E-state index is 13.1. The van der Waals surface area contributed by atoms with Crippen molar-refractivity contribution in [2.45, 2.75) is 44.6 Å². The molecule has 1 aromatic heterocycles. The van der Waals surface area contributed by atoms with E-state index in [1.54, 1.807) is 26.0 Å². The molecule has 2 N–H and O–H groups in total. The van der Waals surface area contributed by atoms with Crippen molar-refractivity contribution in [1.82, 2.24) is 14.6 Å². The molecule has 0 spiro atoms. The molecule has 2 amide bonds. The number of amides is 2. The van der Waals surface area contributed by atoms with E-state index in [9.17, 15) is 18.0 Å². The van der Waals surface area contributed by atoms with Crippen molar-refractivity contribution < 1.29 is 18.0 Å². The summed E-state index contributed by atoms with van der Waals surface area (Å²) in [6, 6.07) is 12.0. The van der Waals surface area contributed by atoms with Crippen LogP contribution in [0, 0.1) is 0 Å². The summed E-state index contributed by atoms with van der Waals surface area (Å²) in [5.74, 6) is -0.505. The van der Waals surface area contributed by atoms with Crippen LogP contribution in [0.3, 0.4) is 0 Å². The summed E-state index contributed by atoms with van der Waals surface area (Å²) in [7, 11) is -3.63. The lowest BCUT2D eigenvalue weighted by atomic mass is 10.1. The minimum absolute atomic E-state index is 0.179. The van der Waals surface area contributed by atoms with Gasteiger partial charge in [-0.15, -0.1) is 0 Å². The maximum Gasteiger partial charge on any atom is 0.243 e. The van der Waals surface area contributed by atoms with Gasteiger partial charge in [0.15, 0.2) is 0 Å². The van der Waals surface area contributed by atoms with Gasteiger partial charge < -0.3 is 10.3 Å². The quantitative estimate of drug-likeness (QED) is 0.515. The van der Waals surface area contributed by atoms with Crippen LogP contribution in [0.5, 0.6) is 0 Å². The van der Waals surface area contributed by atoms with Crippen molar-refractivity contribution in [2.75, 3.05) is 24.5 Å². The second kappa shape index (κ2) is 9.60. The lowest BCUT2D eigenvalue weighted by molar-refractivity contribution is -0.125. The first-order chi connectivity index (χ1) is 16.3. The fraction of sp³-hybridized carbons (Fsp3) is 0.360. The molecule has 2 heterocycles. The average Bonchev–Trinajstić information content (AvgIpc) is 3.41. The molecule has 3 aromatic rings. The van der Waals surface area contributed by atoms with Gasteiger partial charge in [-0.2, -0.15) is 4.31 Å². The summed E-state index contributed by atoms with van der Waals surface area (Å²) in [5, 5.41) is 4.08. The van der Waals surface area contributed by atoms with Gasteiger partial charge in [0.05, 0.1) is 4.90 Å². The summed E-state index contributed by atoms with van der Waals surface area (Å²) in [6.07, 6.45) is 2.87. The second-order valence-corrected chi connectivity index (χ2v) is 10.3. The Hall–Kier alpha value is -3.17. The number of carbonyl (C=O) groups excluding carboxylic acids is 2. The molecule has 0 unspecified atom stereocenters. The maximum atomic E-state index is 13.1. The van der Waals surface area contributed by atoms with E-state index in [2.05, 4.69) is 10.3 Å². The fourth-order valence-electron chi connectivity index (χ4n) is 4.68. The molecule has 1 atom stereocenters. The number of para-hydroxylation sites is 1. The molecule has 0 fully saturated rings. The highest BCUT2D eigenvalue weighted by molar-refractivity contribution is 7.89. The highest BCUT2D eigenvalue weighted by Crippen LogP contribution is 2.35. The number of fused-ring (bicyclic) bond motifs is 2. The van der Waals surface area contributed by atoms with Crippen LogP contribution in [-0.4, -0.2) is 55.2 Å². The number of sulfonamides is 1. The van der Waals surface area contributed by atoms with E-state index in [1.165, 1.54) is 22.2 Å². The number of hydrogen-bond donors (Lipinski definition) is 2. The van der Waals surface area contributed by atoms with E-state index in [0.717, 1.165) is 16.5 Å². The van der Waals surface area contributed by atoms with E-state index in [1.807, 2.05) is 30.5 Å². The molecule has 2 aromatic carbocycles. The summed E-state index contributed by atoms with van der Waals surface area (Å²) in [4.78, 5) is 30.4. The number of carbonyl (C=O) groups is 2. The molecule has 0 bridgehead atoms. The molecule has 1 aliphatic heterocycles. The zero-order valence-corrected chi connectivity index (χ0v) is 20.5. The molecule has 9 heteroatoms. The molecule has 34 heavy (non-hydrogen) atoms. The molecule has 0 saturated carbocycles. The molecule has 0 radical (unpaired) electrons. The summed E-state index contributed by atoms with van der Waals surface area (Å²) in [5.41, 5.74) is 3.43. The predicted molar refractivity (Wildman–Crippen MR) is 132 cm³/mol. The first-order valence-corrected chi connectivity index (χ1v) is 13.0. The van der Waals surface area contributed by atoms with E-state index >= 15 is 0 Å². The van der Waals surface area contributed by atoms with E-state index in [-0.39, 0.29) is 23.1 Å². The van der Waals surface area contributed by atoms with Gasteiger partial charge >= 0.3 is 0 Å². The zero-order chi connectivity index (χ0) is 24.5. The Morgan fingerprint density at radius 3 is 2.59 bits per heavy atom. The smallest absolute Gasteiger partial charge is 0.243 e. The fourth-order valence-corrected chi connectivity index (χ4v) is 6.19. The Labute approximate surface area is 200 Å². The van der Waals surface area contributed by atoms with Gasteiger partial charge in [-0.05, 0) is 41.8 Å². The van der Waals surface area contributed by atoms with Gasteiger partial charge in [-0.25, -0.2) is 8.42 Å². The number of aromatic nitrogens is 1. The highest BCUT2D eigenvalue weighted by atomic mass is 32.2. The average molecular weight is 483 g/mol. The first-order valence-electron chi connectivity index (χ1n) is 11.5. The molecule has 1 aliphatic rings. The van der Waals surface area contributed by atoms with Crippen LogP contribution in [0.15, 0.2) is 53.6 Å². The van der Waals surface area contributed by atoms with Crippen molar-refractivity contribution in [3.63, 3.8) is 0 Å². The first kappa shape index (κ1) is 24.0. The standard InChI is InChI=1S/C25H30N4O4S/c1-4-28(5-2)34(32,33)20-10-11-23-19(14-20)15-24(29(23)17(3)30)25(31)26-13-12-18-16-27-22-9-7-6-8-21(18)22/h6-11,14,16,24,27H,4-5,12-13,15H2,1-3H3,(H,26,31)/t24-/m1/s1. The molecule has 0 saturated heterocycles. The SMILES string of the molecule is CCN(CC)S(=O)(=O)c1ccc2c(c1)C[C@H](C(=O)NCCc1c[nH]c3ccccc13)N2C(C)=O. The third-order valence-electron chi connectivity index (χ3n) is 6.39. The van der Waals surface area contributed by atoms with Crippen LogP contribution >= 0.6 is 0 Å². The van der Waals surface area contributed by atoms with Crippen LogP contribution in [0.25, 0.3) is 10.9 Å². The lowest BCUT2D eigenvalue weighted by Gasteiger charge is -2.23. The van der Waals surface area contributed by atoms with Crippen LogP contribution in [-0.2, 0) is 32.5 Å². The molecule has 180 valence electrons. The number of hydrogen-bond acceptors (Lipinski definition) is 4. The molecule has 8 nitrogen and oxygen atoms in total. The van der Waals surface area contributed by atoms with Crippen molar-refractivity contribution in [1.29, 1.82) is 0 Å². The normalized spacial score (nSPS) is 15.6. The third-order valence-corrected chi connectivity index (χ3v) is 8.43. The topological polar surface area (TPSA) is 103 Å². The Balaban J connectivity index is 1.50. The Bertz CT molecular complexity index is 1330. The van der Waals surface area contributed by atoms with Gasteiger partial charge in [0, 0.05) is 55.8 Å². The zero-order valence-electron chi connectivity index (χ0n) is 19.7. The van der Waals surface area contributed by atoms with E-state index in [0.29, 0.717) is 37.3 Å². The van der Waals surface area contributed by atoms with Crippen molar-refractivity contribution in [3.8, 4) is 0 Å². The van der Waals surface area contributed by atoms with E-state index < -0.39 is 16.1 Å². The lowest BCUT2D eigenvalue weighted by Crippen LogP contribution is -2.47. The van der Waals surface area contributed by atoms with Gasteiger partial charge in [-0.1, -0.05) is 32.0 Å². The molecular weight excluding hydrogens is 452 g/mol. The number of nitrogens with zero attached hydrogens (tertiary/aromatic N) is 2. The molecular formula is C25H30N4O4S. The number of nitrogens with one attached hydrogen (secondary N) is 2. The van der Waals surface area contributed by atoms with Gasteiger partial charge in [0.1, 0.15) is 6.04 Å². The Kier molecular flexibility index (Phi) is 6.77. The van der Waals surface area contributed by atoms with Crippen LogP contribution in [0.4, 0.5) is 5.69 Å². The number of rotatable bonds is 8. The second-order valence-electron chi connectivity index (χ2n) is 8.39. The minimum Gasteiger partial charge on any atom is -0.361 e. The van der Waals surface area contributed by atoms with Crippen molar-refractivity contribution in [3.05, 3.63) is 59.8 Å². The number of benzene rings is 2.